The molecule has 3 amide bonds. The molecule has 3 aromatic rings. The number of carbonyl (C=O) groups excluding carboxylic acids is 3. The molecular formula is C31H28ClN3O7S. The van der Waals surface area contributed by atoms with Crippen LogP contribution in [0.4, 0.5) is 5.69 Å². The zero-order chi connectivity index (χ0) is 30.5. The Hall–Kier alpha value is -4.06. The van der Waals surface area contributed by atoms with E-state index in [0.717, 1.165) is 4.90 Å². The second-order valence-electron chi connectivity index (χ2n) is 11.0. The molecule has 2 N–H and O–H groups in total. The normalized spacial score (nSPS) is 22.3. The smallest absolute Gasteiger partial charge is 0.326 e. The highest BCUT2D eigenvalue weighted by Gasteiger charge is 2.51. The molecule has 0 radical (unpaired) electrons. The molecule has 1 saturated carbocycles. The Kier molecular flexibility index (Phi) is 7.57. The molecular weight excluding hydrogens is 594 g/mol. The van der Waals surface area contributed by atoms with Crippen molar-refractivity contribution in [1.82, 2.24) is 9.62 Å². The summed E-state index contributed by atoms with van der Waals surface area (Å²) < 4.78 is 28.6. The zero-order valence-corrected chi connectivity index (χ0v) is 24.4. The Labute approximate surface area is 253 Å². The SMILES string of the molecule is O=C(O)C(Cc1ccc(N2C(=O)c3cccc(Cl)c3C2=O)cc1)NC(=O)C1C2CCC(CC2)N1S(=O)(=O)c1ccccc1. The number of hydrogen-bond acceptors (Lipinski definition) is 6. The first-order valence-corrected chi connectivity index (χ1v) is 15.8. The molecule has 222 valence electrons. The highest BCUT2D eigenvalue weighted by atomic mass is 35.5. The van der Waals surface area contributed by atoms with Crippen LogP contribution in [-0.2, 0) is 26.0 Å². The van der Waals surface area contributed by atoms with E-state index in [0.29, 0.717) is 36.9 Å². The number of amides is 3. The molecule has 3 aliphatic heterocycles. The average Bonchev–Trinajstić information content (AvgIpc) is 3.27. The third-order valence-electron chi connectivity index (χ3n) is 8.52. The number of carbonyl (C=O) groups is 4. The number of carboxylic acids is 1. The van der Waals surface area contributed by atoms with Crippen molar-refractivity contribution in [2.24, 2.45) is 5.92 Å². The van der Waals surface area contributed by atoms with E-state index in [2.05, 4.69) is 5.32 Å². The largest absolute Gasteiger partial charge is 0.480 e. The van der Waals surface area contributed by atoms with Crippen molar-refractivity contribution in [2.45, 2.75) is 55.1 Å². The molecule has 4 aliphatic rings. The molecule has 3 aromatic carbocycles. The van der Waals surface area contributed by atoms with Gasteiger partial charge < -0.3 is 10.4 Å². The lowest BCUT2D eigenvalue weighted by molar-refractivity contribution is -0.143. The predicted octanol–water partition coefficient (Wildman–Crippen LogP) is 3.88. The molecule has 43 heavy (non-hydrogen) atoms. The van der Waals surface area contributed by atoms with Crippen LogP contribution in [0.5, 0.6) is 0 Å². The van der Waals surface area contributed by atoms with Gasteiger partial charge in [0.2, 0.25) is 15.9 Å². The van der Waals surface area contributed by atoms with Crippen LogP contribution in [0.25, 0.3) is 0 Å². The summed E-state index contributed by atoms with van der Waals surface area (Å²) in [5.41, 5.74) is 1.16. The molecule has 3 heterocycles. The summed E-state index contributed by atoms with van der Waals surface area (Å²) in [5.74, 6) is -3.19. The number of piperidine rings is 2. The van der Waals surface area contributed by atoms with Crippen LogP contribution >= 0.6 is 11.6 Å². The zero-order valence-electron chi connectivity index (χ0n) is 22.9. The number of rotatable bonds is 8. The number of imide groups is 1. The summed E-state index contributed by atoms with van der Waals surface area (Å²) in [4.78, 5) is 52.8. The number of hydrogen-bond donors (Lipinski definition) is 2. The summed E-state index contributed by atoms with van der Waals surface area (Å²) >= 11 is 6.15. The van der Waals surface area contributed by atoms with Gasteiger partial charge in [0.05, 0.1) is 26.7 Å². The number of fused-ring (bicyclic) bond motifs is 4. The molecule has 2 unspecified atom stereocenters. The molecule has 2 atom stereocenters. The van der Waals surface area contributed by atoms with Crippen molar-refractivity contribution in [3.63, 3.8) is 0 Å². The van der Waals surface area contributed by atoms with Gasteiger partial charge in [-0.2, -0.15) is 4.31 Å². The number of anilines is 1. The predicted molar refractivity (Wildman–Crippen MR) is 157 cm³/mol. The van der Waals surface area contributed by atoms with Gasteiger partial charge in [-0.1, -0.05) is 48.0 Å². The molecule has 1 aliphatic carbocycles. The number of nitrogens with zero attached hydrogens (tertiary/aromatic N) is 2. The minimum Gasteiger partial charge on any atom is -0.480 e. The first kappa shape index (κ1) is 29.0. The number of benzene rings is 3. The maximum absolute atomic E-state index is 13.7. The standard InChI is InChI=1S/C31H28ClN3O7S/c32-24-8-4-7-23-26(24)30(38)34(29(23)37)20-13-9-18(10-14-20)17-25(31(39)40)33-28(36)27-19-11-15-21(16-12-19)35(27)43(41,42)22-5-2-1-3-6-22/h1-10,13-14,19,21,25,27H,11-12,15-17H2,(H,33,36)(H,39,40). The molecule has 2 bridgehead atoms. The monoisotopic (exact) mass is 621 g/mol. The fraction of sp³-hybridized carbons (Fsp3) is 0.290. The van der Waals surface area contributed by atoms with Gasteiger partial charge in [0, 0.05) is 12.5 Å². The quantitative estimate of drug-likeness (QED) is 0.364. The summed E-state index contributed by atoms with van der Waals surface area (Å²) in [6, 6.07) is 16.1. The van der Waals surface area contributed by atoms with E-state index in [-0.39, 0.29) is 39.4 Å². The molecule has 10 nitrogen and oxygen atoms in total. The van der Waals surface area contributed by atoms with Crippen molar-refractivity contribution >= 4 is 51.0 Å². The van der Waals surface area contributed by atoms with Gasteiger partial charge >= 0.3 is 5.97 Å². The second-order valence-corrected chi connectivity index (χ2v) is 13.3. The fourth-order valence-corrected chi connectivity index (χ4v) is 8.62. The van der Waals surface area contributed by atoms with E-state index in [1.807, 2.05) is 0 Å². The van der Waals surface area contributed by atoms with Gasteiger partial charge in [0.1, 0.15) is 12.1 Å². The fourth-order valence-electron chi connectivity index (χ4n) is 6.45. The first-order chi connectivity index (χ1) is 20.6. The van der Waals surface area contributed by atoms with E-state index in [1.165, 1.54) is 40.7 Å². The van der Waals surface area contributed by atoms with Gasteiger partial charge in [-0.25, -0.2) is 18.1 Å². The van der Waals surface area contributed by atoms with Crippen LogP contribution < -0.4 is 10.2 Å². The third kappa shape index (κ3) is 5.11. The highest BCUT2D eigenvalue weighted by Crippen LogP contribution is 2.43. The Morgan fingerprint density at radius 1 is 0.907 bits per heavy atom. The summed E-state index contributed by atoms with van der Waals surface area (Å²) in [7, 11) is -3.99. The number of sulfonamides is 1. The minimum absolute atomic E-state index is 0.0931. The van der Waals surface area contributed by atoms with E-state index in [1.54, 1.807) is 36.4 Å². The van der Waals surface area contributed by atoms with E-state index in [4.69, 9.17) is 11.6 Å². The van der Waals surface area contributed by atoms with Crippen molar-refractivity contribution in [1.29, 1.82) is 0 Å². The Balaban J connectivity index is 1.20. The topological polar surface area (TPSA) is 141 Å². The lowest BCUT2D eigenvalue weighted by Gasteiger charge is -2.49. The van der Waals surface area contributed by atoms with Crippen LogP contribution in [0, 0.1) is 5.92 Å². The lowest BCUT2D eigenvalue weighted by atomic mass is 9.76. The maximum Gasteiger partial charge on any atom is 0.326 e. The highest BCUT2D eigenvalue weighted by molar-refractivity contribution is 7.89. The molecule has 0 aromatic heterocycles. The number of aliphatic carboxylic acids is 1. The van der Waals surface area contributed by atoms with Gasteiger partial charge in [-0.15, -0.1) is 0 Å². The Morgan fingerprint density at radius 3 is 2.21 bits per heavy atom. The molecule has 2 saturated heterocycles. The Bertz CT molecular complexity index is 1720. The van der Waals surface area contributed by atoms with Gasteiger partial charge in [-0.3, -0.25) is 14.4 Å². The maximum atomic E-state index is 13.7. The molecule has 0 spiro atoms. The second kappa shape index (κ2) is 11.2. The van der Waals surface area contributed by atoms with E-state index in [9.17, 15) is 32.7 Å². The summed E-state index contributed by atoms with van der Waals surface area (Å²) in [6.07, 6.45) is 2.57. The minimum atomic E-state index is -3.99. The van der Waals surface area contributed by atoms with Gasteiger partial charge in [0.15, 0.2) is 0 Å². The van der Waals surface area contributed by atoms with Crippen molar-refractivity contribution < 1.29 is 32.7 Å². The molecule has 3 fully saturated rings. The van der Waals surface area contributed by atoms with E-state index < -0.39 is 45.8 Å². The first-order valence-electron chi connectivity index (χ1n) is 14.0. The number of nitrogens with one attached hydrogen (secondary N) is 1. The summed E-state index contributed by atoms with van der Waals surface area (Å²) in [6.45, 7) is 0. The third-order valence-corrected chi connectivity index (χ3v) is 10.8. The van der Waals surface area contributed by atoms with Gasteiger partial charge in [0.25, 0.3) is 11.8 Å². The van der Waals surface area contributed by atoms with Crippen LogP contribution in [0.3, 0.4) is 0 Å². The Morgan fingerprint density at radius 2 is 1.58 bits per heavy atom. The van der Waals surface area contributed by atoms with Crippen LogP contribution in [0.15, 0.2) is 77.7 Å². The number of halogens is 1. The molecule has 7 rings (SSSR count). The number of carboxylic acid groups (broad SMARTS) is 1. The van der Waals surface area contributed by atoms with Crippen molar-refractivity contribution in [3.8, 4) is 0 Å². The lowest BCUT2D eigenvalue weighted by Crippen LogP contribution is -2.63. The van der Waals surface area contributed by atoms with Crippen LogP contribution in [0.1, 0.15) is 52.0 Å². The van der Waals surface area contributed by atoms with Crippen molar-refractivity contribution in [2.75, 3.05) is 4.90 Å². The molecule has 12 heteroatoms. The van der Waals surface area contributed by atoms with E-state index >= 15 is 0 Å². The summed E-state index contributed by atoms with van der Waals surface area (Å²) in [5, 5.41) is 12.8. The van der Waals surface area contributed by atoms with Gasteiger partial charge in [-0.05, 0) is 73.6 Å². The van der Waals surface area contributed by atoms with Crippen molar-refractivity contribution in [3.05, 3.63) is 94.5 Å². The van der Waals surface area contributed by atoms with Crippen LogP contribution in [0.2, 0.25) is 5.02 Å². The van der Waals surface area contributed by atoms with Crippen LogP contribution in [-0.4, -0.2) is 59.6 Å². The average molecular weight is 622 g/mol.